The monoisotopic (exact) mass is 398 g/mol. The molecule has 0 saturated carbocycles. The predicted molar refractivity (Wildman–Crippen MR) is 105 cm³/mol. The van der Waals surface area contributed by atoms with Gasteiger partial charge in [-0.1, -0.05) is 35.9 Å². The zero-order chi connectivity index (χ0) is 19.7. The molecule has 1 heterocycles. The van der Waals surface area contributed by atoms with Gasteiger partial charge in [0.1, 0.15) is 11.6 Å². The number of amides is 1. The molecule has 3 aromatic rings. The molecule has 0 unspecified atom stereocenters. The van der Waals surface area contributed by atoms with Crippen molar-refractivity contribution in [1.29, 1.82) is 0 Å². The first kappa shape index (κ1) is 18.6. The Hall–Kier alpha value is -2.73. The first-order valence-electron chi connectivity index (χ1n) is 9.31. The Bertz CT molecular complexity index is 1030. The van der Waals surface area contributed by atoms with Crippen LogP contribution < -0.4 is 5.32 Å². The lowest BCUT2D eigenvalue weighted by molar-refractivity contribution is -0.121. The molecule has 1 aliphatic carbocycles. The largest absolute Gasteiger partial charge is 0.349 e. The highest BCUT2D eigenvalue weighted by Gasteiger charge is 2.24. The number of aryl methyl sites for hydroxylation is 2. The fourth-order valence-electron chi connectivity index (χ4n) is 3.61. The van der Waals surface area contributed by atoms with Gasteiger partial charge in [-0.3, -0.25) is 4.79 Å². The summed E-state index contributed by atoms with van der Waals surface area (Å²) in [5.41, 5.74) is 3.00. The van der Waals surface area contributed by atoms with E-state index < -0.39 is 5.82 Å². The Kier molecular flexibility index (Phi) is 5.13. The first-order chi connectivity index (χ1) is 13.5. The summed E-state index contributed by atoms with van der Waals surface area (Å²) in [6, 6.07) is 12.7. The van der Waals surface area contributed by atoms with Crippen LogP contribution >= 0.6 is 11.6 Å². The van der Waals surface area contributed by atoms with Crippen molar-refractivity contribution >= 4 is 17.5 Å². The number of rotatable bonds is 5. The summed E-state index contributed by atoms with van der Waals surface area (Å²) in [5, 5.41) is 7.56. The number of fused-ring (bicyclic) bond motifs is 1. The number of carbonyl (C=O) groups excluding carboxylic acids is 1. The lowest BCUT2D eigenvalue weighted by Crippen LogP contribution is -2.29. The molecule has 0 saturated heterocycles. The van der Waals surface area contributed by atoms with Crippen LogP contribution in [0.25, 0.3) is 11.4 Å². The minimum absolute atomic E-state index is 0.0338. The summed E-state index contributed by atoms with van der Waals surface area (Å²) < 4.78 is 15.4. The van der Waals surface area contributed by atoms with E-state index in [2.05, 4.69) is 27.5 Å². The van der Waals surface area contributed by atoms with Crippen molar-refractivity contribution in [2.45, 2.75) is 38.8 Å². The van der Waals surface area contributed by atoms with Crippen molar-refractivity contribution in [3.63, 3.8) is 0 Å². The zero-order valence-electron chi connectivity index (χ0n) is 15.5. The van der Waals surface area contributed by atoms with Crippen LogP contribution in [0.4, 0.5) is 4.39 Å². The maximum absolute atomic E-state index is 13.8. The van der Waals surface area contributed by atoms with E-state index in [9.17, 15) is 9.18 Å². The molecule has 1 aromatic heterocycles. The second kappa shape index (κ2) is 7.72. The van der Waals surface area contributed by atoms with Crippen LogP contribution in [-0.4, -0.2) is 20.7 Å². The number of nitrogens with zero attached hydrogens (tertiary/aromatic N) is 3. The minimum Gasteiger partial charge on any atom is -0.349 e. The number of halogens is 2. The molecule has 1 atom stereocenters. The van der Waals surface area contributed by atoms with E-state index in [0.717, 1.165) is 12.8 Å². The Morgan fingerprint density at radius 3 is 2.93 bits per heavy atom. The van der Waals surface area contributed by atoms with Crippen molar-refractivity contribution in [1.82, 2.24) is 20.1 Å². The van der Waals surface area contributed by atoms with Crippen LogP contribution in [-0.2, 0) is 24.2 Å². The Morgan fingerprint density at radius 2 is 2.14 bits per heavy atom. The van der Waals surface area contributed by atoms with E-state index in [1.165, 1.54) is 23.3 Å². The van der Waals surface area contributed by atoms with Gasteiger partial charge in [0, 0.05) is 12.1 Å². The lowest BCUT2D eigenvalue weighted by Gasteiger charge is -2.14. The molecule has 1 aliphatic rings. The van der Waals surface area contributed by atoms with Gasteiger partial charge in [-0.15, -0.1) is 0 Å². The van der Waals surface area contributed by atoms with Gasteiger partial charge >= 0.3 is 0 Å². The van der Waals surface area contributed by atoms with Crippen molar-refractivity contribution in [2.24, 2.45) is 0 Å². The predicted octanol–water partition coefficient (Wildman–Crippen LogP) is 4.10. The quantitative estimate of drug-likeness (QED) is 0.703. The smallest absolute Gasteiger partial charge is 0.228 e. The highest BCUT2D eigenvalue weighted by molar-refractivity contribution is 6.30. The molecule has 4 rings (SSSR count). The standard InChI is InChI=1S/C21H20ClFN4O/c1-2-27-19(25-21(26-27)14-7-9-16(22)17(23)11-14)12-20(28)24-18-10-8-13-5-3-4-6-15(13)18/h3-7,9,11,18H,2,8,10,12H2,1H3,(H,24,28)/t18-/m1/s1. The Balaban J connectivity index is 1.51. The van der Waals surface area contributed by atoms with Crippen molar-refractivity contribution in [2.75, 3.05) is 0 Å². The third kappa shape index (κ3) is 3.64. The number of hydrogen-bond acceptors (Lipinski definition) is 3. The maximum Gasteiger partial charge on any atom is 0.228 e. The summed E-state index contributed by atoms with van der Waals surface area (Å²) in [5.74, 6) is 0.312. The van der Waals surface area contributed by atoms with Gasteiger partial charge < -0.3 is 5.32 Å². The molecular weight excluding hydrogens is 379 g/mol. The van der Waals surface area contributed by atoms with E-state index >= 15 is 0 Å². The second-order valence-corrected chi connectivity index (χ2v) is 7.24. The number of carbonyl (C=O) groups is 1. The van der Waals surface area contributed by atoms with Crippen LogP contribution in [0.1, 0.15) is 36.3 Å². The highest BCUT2D eigenvalue weighted by Crippen LogP contribution is 2.30. The van der Waals surface area contributed by atoms with E-state index in [-0.39, 0.29) is 23.4 Å². The van der Waals surface area contributed by atoms with Crippen LogP contribution in [0.15, 0.2) is 42.5 Å². The SMILES string of the molecule is CCn1nc(-c2ccc(Cl)c(F)c2)nc1CC(=O)N[C@@H]1CCc2ccccc21. The van der Waals surface area contributed by atoms with E-state index in [1.54, 1.807) is 10.7 Å². The molecule has 0 bridgehead atoms. The van der Waals surface area contributed by atoms with Gasteiger partial charge in [-0.05, 0) is 49.1 Å². The average molecular weight is 399 g/mol. The van der Waals surface area contributed by atoms with Gasteiger partial charge in [0.25, 0.3) is 0 Å². The topological polar surface area (TPSA) is 59.8 Å². The van der Waals surface area contributed by atoms with Crippen molar-refractivity contribution in [3.05, 3.63) is 70.3 Å². The minimum atomic E-state index is -0.522. The summed E-state index contributed by atoms with van der Waals surface area (Å²) in [6.07, 6.45) is 2.00. The average Bonchev–Trinajstić information content (AvgIpc) is 3.28. The third-order valence-electron chi connectivity index (χ3n) is 5.01. The number of hydrogen-bond donors (Lipinski definition) is 1. The molecule has 28 heavy (non-hydrogen) atoms. The van der Waals surface area contributed by atoms with Crippen LogP contribution in [0, 0.1) is 5.82 Å². The van der Waals surface area contributed by atoms with Crippen molar-refractivity contribution < 1.29 is 9.18 Å². The molecule has 144 valence electrons. The lowest BCUT2D eigenvalue weighted by atomic mass is 10.1. The van der Waals surface area contributed by atoms with Crippen LogP contribution in [0.2, 0.25) is 5.02 Å². The van der Waals surface area contributed by atoms with Crippen LogP contribution in [0.5, 0.6) is 0 Å². The maximum atomic E-state index is 13.8. The van der Waals surface area contributed by atoms with E-state index in [4.69, 9.17) is 11.6 Å². The van der Waals surface area contributed by atoms with E-state index in [0.29, 0.717) is 23.8 Å². The molecular formula is C21H20ClFN4O. The summed E-state index contributed by atoms with van der Waals surface area (Å²) >= 11 is 5.74. The van der Waals surface area contributed by atoms with Crippen LogP contribution in [0.3, 0.4) is 0 Å². The number of benzene rings is 2. The molecule has 0 radical (unpaired) electrons. The molecule has 1 amide bonds. The van der Waals surface area contributed by atoms with Gasteiger partial charge in [-0.25, -0.2) is 14.1 Å². The Morgan fingerprint density at radius 1 is 1.32 bits per heavy atom. The normalized spacial score (nSPS) is 15.5. The molecule has 7 heteroatoms. The molecule has 1 N–H and O–H groups in total. The highest BCUT2D eigenvalue weighted by atomic mass is 35.5. The summed E-state index contributed by atoms with van der Waals surface area (Å²) in [4.78, 5) is 17.1. The zero-order valence-corrected chi connectivity index (χ0v) is 16.2. The molecule has 0 spiro atoms. The van der Waals surface area contributed by atoms with Gasteiger partial charge in [-0.2, -0.15) is 5.10 Å². The number of nitrogens with one attached hydrogen (secondary N) is 1. The van der Waals surface area contributed by atoms with Gasteiger partial charge in [0.05, 0.1) is 17.5 Å². The fourth-order valence-corrected chi connectivity index (χ4v) is 3.73. The van der Waals surface area contributed by atoms with Gasteiger partial charge in [0.2, 0.25) is 5.91 Å². The number of aromatic nitrogens is 3. The second-order valence-electron chi connectivity index (χ2n) is 6.83. The fraction of sp³-hybridized carbons (Fsp3) is 0.286. The molecule has 2 aromatic carbocycles. The van der Waals surface area contributed by atoms with Crippen molar-refractivity contribution in [3.8, 4) is 11.4 Å². The van der Waals surface area contributed by atoms with Gasteiger partial charge in [0.15, 0.2) is 5.82 Å². The van der Waals surface area contributed by atoms with E-state index in [1.807, 2.05) is 19.1 Å². The first-order valence-corrected chi connectivity index (χ1v) is 9.69. The summed E-state index contributed by atoms with van der Waals surface area (Å²) in [7, 11) is 0. The molecule has 0 fully saturated rings. The third-order valence-corrected chi connectivity index (χ3v) is 5.32. The molecule has 5 nitrogen and oxygen atoms in total. The Labute approximate surface area is 167 Å². The summed E-state index contributed by atoms with van der Waals surface area (Å²) in [6.45, 7) is 2.49. The molecule has 0 aliphatic heterocycles.